The van der Waals surface area contributed by atoms with Crippen molar-refractivity contribution in [3.05, 3.63) is 23.3 Å². The van der Waals surface area contributed by atoms with Gasteiger partial charge >= 0.3 is 10.3 Å². The Balaban J connectivity index is 1.71. The molecule has 0 aliphatic heterocycles. The molecule has 3 aliphatic carbocycles. The van der Waals surface area contributed by atoms with Gasteiger partial charge in [0.1, 0.15) is 0 Å². The molecule has 0 radical (unpaired) electrons. The molecular formula is C20H29NO4S2. The molecule has 0 aromatic heterocycles. The van der Waals surface area contributed by atoms with Crippen LogP contribution >= 0.6 is 11.8 Å². The Kier molecular flexibility index (Phi) is 5.02. The third-order valence-electron chi connectivity index (χ3n) is 7.24. The number of thioether (sulfide) groups is 1. The fourth-order valence-electron chi connectivity index (χ4n) is 6.01. The van der Waals surface area contributed by atoms with Crippen LogP contribution in [0.25, 0.3) is 0 Å². The summed E-state index contributed by atoms with van der Waals surface area (Å²) < 4.78 is 28.0. The summed E-state index contributed by atoms with van der Waals surface area (Å²) in [6.07, 6.45) is 6.06. The molecule has 27 heavy (non-hydrogen) atoms. The van der Waals surface area contributed by atoms with E-state index in [1.165, 1.54) is 11.1 Å². The minimum atomic E-state index is -4.03. The Hall–Kier alpha value is -0.760. The minimum absolute atomic E-state index is 0.0658. The molecule has 5 atom stereocenters. The van der Waals surface area contributed by atoms with E-state index in [1.54, 1.807) is 11.8 Å². The zero-order valence-corrected chi connectivity index (χ0v) is 17.6. The standard InChI is InChI=1S/C20H29NO4S2/c1-3-26-18-11-15-12(10-17(18)25-27(21,23)24)4-5-14-13(15)8-9-20(2)16(14)6-7-19(20)22/h10-11,13-14,16,19,22H,3-9H2,1-2H3,(H2,21,23,24)/t13-,14+,16-,19-,20-/m0/s1. The third-order valence-corrected chi connectivity index (χ3v) is 8.58. The molecule has 0 bridgehead atoms. The fraction of sp³-hybridized carbons (Fsp3) is 0.700. The van der Waals surface area contributed by atoms with Gasteiger partial charge in [-0.1, -0.05) is 13.8 Å². The largest absolute Gasteiger partial charge is 0.393 e. The van der Waals surface area contributed by atoms with Crippen LogP contribution in [0.3, 0.4) is 0 Å². The smallest absolute Gasteiger partial charge is 0.380 e. The Morgan fingerprint density at radius 3 is 2.78 bits per heavy atom. The highest BCUT2D eigenvalue weighted by Gasteiger charge is 2.54. The first kappa shape index (κ1) is 19.6. The highest BCUT2D eigenvalue weighted by Crippen LogP contribution is 2.61. The molecule has 1 aromatic rings. The van der Waals surface area contributed by atoms with Gasteiger partial charge in [-0.05, 0) is 90.7 Å². The SMILES string of the molecule is CCSc1cc2c(cc1OS(N)(=O)=O)CC[C@@H]1[C@@H]2CC[C@]2(C)[C@@H](O)CC[C@@H]12. The van der Waals surface area contributed by atoms with E-state index in [0.29, 0.717) is 23.5 Å². The van der Waals surface area contributed by atoms with Gasteiger partial charge in [0.05, 0.1) is 11.0 Å². The van der Waals surface area contributed by atoms with Gasteiger partial charge < -0.3 is 9.29 Å². The van der Waals surface area contributed by atoms with Gasteiger partial charge in [-0.25, -0.2) is 0 Å². The summed E-state index contributed by atoms with van der Waals surface area (Å²) >= 11 is 1.59. The van der Waals surface area contributed by atoms with Gasteiger partial charge in [0.15, 0.2) is 5.75 Å². The summed E-state index contributed by atoms with van der Waals surface area (Å²) in [5, 5.41) is 15.7. The second kappa shape index (κ2) is 6.94. The van der Waals surface area contributed by atoms with Crippen LogP contribution < -0.4 is 9.32 Å². The summed E-state index contributed by atoms with van der Waals surface area (Å²) in [6, 6.07) is 4.04. The number of benzene rings is 1. The molecule has 150 valence electrons. The molecule has 3 N–H and O–H groups in total. The van der Waals surface area contributed by atoms with Crippen LogP contribution in [0.5, 0.6) is 5.75 Å². The quantitative estimate of drug-likeness (QED) is 0.739. The van der Waals surface area contributed by atoms with Crippen molar-refractivity contribution >= 4 is 22.1 Å². The molecule has 0 unspecified atom stereocenters. The van der Waals surface area contributed by atoms with Crippen LogP contribution in [0, 0.1) is 17.3 Å². The Morgan fingerprint density at radius 2 is 2.07 bits per heavy atom. The highest BCUT2D eigenvalue weighted by molar-refractivity contribution is 7.99. The molecular weight excluding hydrogens is 382 g/mol. The first-order valence-corrected chi connectivity index (χ1v) is 12.4. The zero-order chi connectivity index (χ0) is 19.4. The monoisotopic (exact) mass is 411 g/mol. The van der Waals surface area contributed by atoms with Gasteiger partial charge in [0.25, 0.3) is 0 Å². The topological polar surface area (TPSA) is 89.6 Å². The summed E-state index contributed by atoms with van der Waals surface area (Å²) in [6.45, 7) is 4.32. The molecule has 4 rings (SSSR count). The van der Waals surface area contributed by atoms with Crippen LogP contribution in [-0.2, 0) is 16.7 Å². The lowest BCUT2D eigenvalue weighted by Crippen LogP contribution is -2.43. The van der Waals surface area contributed by atoms with Crippen molar-refractivity contribution < 1.29 is 17.7 Å². The number of aliphatic hydroxyl groups is 1. The van der Waals surface area contributed by atoms with Gasteiger partial charge in [-0.15, -0.1) is 11.8 Å². The average Bonchev–Trinajstić information content (AvgIpc) is 2.89. The van der Waals surface area contributed by atoms with Crippen LogP contribution in [0.4, 0.5) is 0 Å². The van der Waals surface area contributed by atoms with Crippen molar-refractivity contribution in [2.45, 2.75) is 69.3 Å². The fourth-order valence-corrected chi connectivity index (χ4v) is 7.21. The Labute approximate surface area is 166 Å². The summed E-state index contributed by atoms with van der Waals surface area (Å²) in [4.78, 5) is 0.853. The van der Waals surface area contributed by atoms with Crippen molar-refractivity contribution in [1.82, 2.24) is 0 Å². The molecule has 0 heterocycles. The van der Waals surface area contributed by atoms with Crippen LogP contribution in [0.1, 0.15) is 63.0 Å². The van der Waals surface area contributed by atoms with Gasteiger partial charge in [-0.3, -0.25) is 0 Å². The minimum Gasteiger partial charge on any atom is -0.393 e. The van der Waals surface area contributed by atoms with Crippen molar-refractivity contribution in [1.29, 1.82) is 0 Å². The lowest BCUT2D eigenvalue weighted by molar-refractivity contribution is -0.0226. The number of fused-ring (bicyclic) bond motifs is 5. The third kappa shape index (κ3) is 3.41. The van der Waals surface area contributed by atoms with Crippen molar-refractivity contribution in [3.63, 3.8) is 0 Å². The normalized spacial score (nSPS) is 35.3. The van der Waals surface area contributed by atoms with Crippen molar-refractivity contribution in [2.75, 3.05) is 5.75 Å². The molecule has 5 nitrogen and oxygen atoms in total. The molecule has 1 aromatic carbocycles. The predicted octanol–water partition coefficient (Wildman–Crippen LogP) is 3.60. The van der Waals surface area contributed by atoms with E-state index >= 15 is 0 Å². The maximum absolute atomic E-state index is 11.5. The first-order valence-electron chi connectivity index (χ1n) is 9.93. The van der Waals surface area contributed by atoms with E-state index in [-0.39, 0.29) is 11.5 Å². The van der Waals surface area contributed by atoms with E-state index in [4.69, 9.17) is 9.32 Å². The van der Waals surface area contributed by atoms with Gasteiger partial charge in [0, 0.05) is 0 Å². The predicted molar refractivity (Wildman–Crippen MR) is 107 cm³/mol. The lowest BCUT2D eigenvalue weighted by Gasteiger charge is -2.50. The molecule has 7 heteroatoms. The lowest BCUT2D eigenvalue weighted by atomic mass is 9.55. The number of nitrogens with two attached hydrogens (primary N) is 1. The number of aliphatic hydroxyl groups excluding tert-OH is 1. The maximum atomic E-state index is 11.5. The van der Waals surface area contributed by atoms with Crippen molar-refractivity contribution in [2.24, 2.45) is 22.4 Å². The number of rotatable bonds is 4. The Morgan fingerprint density at radius 1 is 1.30 bits per heavy atom. The summed E-state index contributed by atoms with van der Waals surface area (Å²) in [5.41, 5.74) is 2.61. The summed E-state index contributed by atoms with van der Waals surface area (Å²) in [5.74, 6) is 2.89. The van der Waals surface area contributed by atoms with Crippen LogP contribution in [0.2, 0.25) is 0 Å². The number of hydrogen-bond donors (Lipinski definition) is 2. The van der Waals surface area contributed by atoms with E-state index in [1.807, 2.05) is 13.0 Å². The second-order valence-corrected chi connectivity index (χ2v) is 11.0. The van der Waals surface area contributed by atoms with E-state index in [0.717, 1.165) is 49.2 Å². The number of aryl methyl sites for hydroxylation is 1. The Bertz CT molecular complexity index is 841. The molecule has 2 fully saturated rings. The van der Waals surface area contributed by atoms with Crippen LogP contribution in [-0.4, -0.2) is 25.4 Å². The highest BCUT2D eigenvalue weighted by atomic mass is 32.2. The summed E-state index contributed by atoms with van der Waals surface area (Å²) in [7, 11) is -4.03. The molecule has 0 spiro atoms. The second-order valence-electron chi connectivity index (χ2n) is 8.56. The molecule has 0 amide bonds. The maximum Gasteiger partial charge on any atom is 0.380 e. The molecule has 2 saturated carbocycles. The van der Waals surface area contributed by atoms with E-state index in [9.17, 15) is 13.5 Å². The zero-order valence-electron chi connectivity index (χ0n) is 16.0. The van der Waals surface area contributed by atoms with E-state index in [2.05, 4.69) is 13.0 Å². The molecule has 3 aliphatic rings. The van der Waals surface area contributed by atoms with Gasteiger partial charge in [-0.2, -0.15) is 13.6 Å². The first-order chi connectivity index (χ1) is 12.7. The number of hydrogen-bond acceptors (Lipinski definition) is 5. The van der Waals surface area contributed by atoms with Crippen LogP contribution in [0.15, 0.2) is 17.0 Å². The van der Waals surface area contributed by atoms with Crippen molar-refractivity contribution in [3.8, 4) is 5.75 Å². The molecule has 0 saturated heterocycles. The van der Waals surface area contributed by atoms with Gasteiger partial charge in [0.2, 0.25) is 0 Å². The average molecular weight is 412 g/mol. The van der Waals surface area contributed by atoms with E-state index < -0.39 is 10.3 Å².